The summed E-state index contributed by atoms with van der Waals surface area (Å²) in [6.07, 6.45) is 0. The molecule has 0 N–H and O–H groups in total. The van der Waals surface area contributed by atoms with E-state index < -0.39 is 0 Å². The van der Waals surface area contributed by atoms with Gasteiger partial charge in [0.05, 0.1) is 12.7 Å². The third kappa shape index (κ3) is 1.42. The zero-order valence-electron chi connectivity index (χ0n) is 11.0. The van der Waals surface area contributed by atoms with E-state index in [1.165, 1.54) is 28.7 Å². The van der Waals surface area contributed by atoms with Crippen LogP contribution >= 0.6 is 0 Å². The highest BCUT2D eigenvalue weighted by Gasteiger charge is 2.12. The van der Waals surface area contributed by atoms with Crippen molar-refractivity contribution in [1.29, 1.82) is 0 Å². The Hall–Kier alpha value is -2.61. The van der Waals surface area contributed by atoms with Crippen LogP contribution in [0.2, 0.25) is 0 Å². The molecule has 0 bridgehead atoms. The van der Waals surface area contributed by atoms with Crippen LogP contribution in [0, 0.1) is 0 Å². The first-order valence-corrected chi connectivity index (χ1v) is 6.54. The molecular formula is C18H12O2. The molecule has 0 spiro atoms. The van der Waals surface area contributed by atoms with Gasteiger partial charge in [0.1, 0.15) is 0 Å². The molecule has 4 aromatic carbocycles. The maximum absolute atomic E-state index is 11.8. The fourth-order valence-electron chi connectivity index (χ4n) is 2.99. The van der Waals surface area contributed by atoms with E-state index >= 15 is 0 Å². The Morgan fingerprint density at radius 1 is 0.800 bits per heavy atom. The lowest BCUT2D eigenvalue weighted by Gasteiger charge is -2.11. The molecule has 0 aliphatic rings. The van der Waals surface area contributed by atoms with E-state index in [9.17, 15) is 4.79 Å². The van der Waals surface area contributed by atoms with Gasteiger partial charge in [0.25, 0.3) is 0 Å². The average Bonchev–Trinajstić information content (AvgIpc) is 2.51. The summed E-state index contributed by atoms with van der Waals surface area (Å²) < 4.78 is 4.82. The molecule has 0 heterocycles. The minimum atomic E-state index is -0.296. The summed E-state index contributed by atoms with van der Waals surface area (Å²) in [5.41, 5.74) is 0.596. The van der Waals surface area contributed by atoms with Crippen molar-refractivity contribution in [2.75, 3.05) is 7.11 Å². The van der Waals surface area contributed by atoms with Gasteiger partial charge in [-0.2, -0.15) is 0 Å². The first kappa shape index (κ1) is 11.2. The molecule has 20 heavy (non-hydrogen) atoms. The Balaban J connectivity index is 2.22. The highest BCUT2D eigenvalue weighted by Crippen LogP contribution is 2.35. The number of ether oxygens (including phenoxy) is 1. The second-order valence-corrected chi connectivity index (χ2v) is 5.00. The maximum Gasteiger partial charge on any atom is 0.337 e. The first-order chi connectivity index (χ1) is 9.78. The van der Waals surface area contributed by atoms with Crippen LogP contribution < -0.4 is 0 Å². The van der Waals surface area contributed by atoms with Crippen molar-refractivity contribution in [2.45, 2.75) is 0 Å². The van der Waals surface area contributed by atoms with Gasteiger partial charge in [0.15, 0.2) is 0 Å². The predicted octanol–water partition coefficient (Wildman–Crippen LogP) is 4.37. The van der Waals surface area contributed by atoms with Crippen LogP contribution in [0.25, 0.3) is 32.3 Å². The molecule has 96 valence electrons. The van der Waals surface area contributed by atoms with Crippen molar-refractivity contribution in [1.82, 2.24) is 0 Å². The highest BCUT2D eigenvalue weighted by molar-refractivity contribution is 6.23. The van der Waals surface area contributed by atoms with Crippen LogP contribution in [0.1, 0.15) is 10.4 Å². The number of esters is 1. The van der Waals surface area contributed by atoms with Crippen molar-refractivity contribution in [3.63, 3.8) is 0 Å². The van der Waals surface area contributed by atoms with E-state index in [0.717, 1.165) is 10.8 Å². The zero-order valence-corrected chi connectivity index (χ0v) is 11.0. The van der Waals surface area contributed by atoms with Crippen molar-refractivity contribution in [2.24, 2.45) is 0 Å². The molecule has 0 radical (unpaired) electrons. The summed E-state index contributed by atoms with van der Waals surface area (Å²) in [5.74, 6) is -0.296. The van der Waals surface area contributed by atoms with E-state index in [4.69, 9.17) is 4.74 Å². The van der Waals surface area contributed by atoms with Crippen molar-refractivity contribution < 1.29 is 9.53 Å². The third-order valence-corrected chi connectivity index (χ3v) is 3.88. The van der Waals surface area contributed by atoms with Gasteiger partial charge in [0.2, 0.25) is 0 Å². The molecule has 0 atom stereocenters. The van der Waals surface area contributed by atoms with Crippen LogP contribution in [0.5, 0.6) is 0 Å². The summed E-state index contributed by atoms with van der Waals surface area (Å²) >= 11 is 0. The summed E-state index contributed by atoms with van der Waals surface area (Å²) in [7, 11) is 1.41. The number of methoxy groups -OCH3 is 1. The number of benzene rings is 4. The molecule has 4 rings (SSSR count). The Morgan fingerprint density at radius 2 is 1.30 bits per heavy atom. The molecule has 2 nitrogen and oxygen atoms in total. The highest BCUT2D eigenvalue weighted by atomic mass is 16.5. The summed E-state index contributed by atoms with van der Waals surface area (Å²) in [5, 5.41) is 7.09. The Morgan fingerprint density at radius 3 is 1.85 bits per heavy atom. The molecule has 0 amide bonds. The van der Waals surface area contributed by atoms with Gasteiger partial charge in [-0.05, 0) is 44.5 Å². The summed E-state index contributed by atoms with van der Waals surface area (Å²) in [6.45, 7) is 0. The van der Waals surface area contributed by atoms with Crippen LogP contribution in [0.4, 0.5) is 0 Å². The van der Waals surface area contributed by atoms with Crippen molar-refractivity contribution in [3.8, 4) is 0 Å². The molecule has 4 aromatic rings. The Kier molecular flexibility index (Phi) is 2.21. The second kappa shape index (κ2) is 3.94. The number of carbonyl (C=O) groups excluding carboxylic acids is 1. The number of hydrogen-bond donors (Lipinski definition) is 0. The molecule has 0 aliphatic carbocycles. The molecule has 0 saturated carbocycles. The SMILES string of the molecule is COC(=O)c1cc2ccc3cccc4ccc(c1)c2c34. The van der Waals surface area contributed by atoms with Gasteiger partial charge in [-0.1, -0.05) is 42.5 Å². The van der Waals surface area contributed by atoms with Crippen molar-refractivity contribution in [3.05, 3.63) is 60.2 Å². The second-order valence-electron chi connectivity index (χ2n) is 5.00. The lowest BCUT2D eigenvalue weighted by Crippen LogP contribution is -2.01. The van der Waals surface area contributed by atoms with Crippen LogP contribution in [-0.4, -0.2) is 13.1 Å². The van der Waals surface area contributed by atoms with E-state index in [-0.39, 0.29) is 5.97 Å². The van der Waals surface area contributed by atoms with Crippen molar-refractivity contribution >= 4 is 38.3 Å². The van der Waals surface area contributed by atoms with Gasteiger partial charge in [-0.3, -0.25) is 0 Å². The van der Waals surface area contributed by atoms with Gasteiger partial charge in [0, 0.05) is 0 Å². The standard InChI is InChI=1S/C18H12O2/c1-20-18(19)15-9-13-7-5-11-3-2-4-12-6-8-14(10-15)17(13)16(11)12/h2-10H,1H3. The van der Waals surface area contributed by atoms with Crippen LogP contribution in [0.15, 0.2) is 54.6 Å². The zero-order chi connectivity index (χ0) is 13.7. The molecule has 0 fully saturated rings. The minimum absolute atomic E-state index is 0.296. The van der Waals surface area contributed by atoms with Crippen LogP contribution in [-0.2, 0) is 4.74 Å². The summed E-state index contributed by atoms with van der Waals surface area (Å²) in [6, 6.07) is 18.5. The monoisotopic (exact) mass is 260 g/mol. The van der Waals surface area contributed by atoms with Gasteiger partial charge < -0.3 is 4.74 Å². The number of hydrogen-bond acceptors (Lipinski definition) is 2. The maximum atomic E-state index is 11.8. The van der Waals surface area contributed by atoms with Gasteiger partial charge in [-0.25, -0.2) is 4.79 Å². The van der Waals surface area contributed by atoms with E-state index in [2.05, 4.69) is 42.5 Å². The first-order valence-electron chi connectivity index (χ1n) is 6.54. The Bertz CT molecular complexity index is 890. The normalized spacial score (nSPS) is 11.4. The lowest BCUT2D eigenvalue weighted by atomic mass is 9.93. The molecule has 0 unspecified atom stereocenters. The molecule has 2 heteroatoms. The van der Waals surface area contributed by atoms with Gasteiger partial charge >= 0.3 is 5.97 Å². The molecule has 0 aliphatic heterocycles. The largest absolute Gasteiger partial charge is 0.465 e. The number of rotatable bonds is 1. The Labute approximate surface area is 115 Å². The quantitative estimate of drug-likeness (QED) is 0.375. The molecule has 0 saturated heterocycles. The minimum Gasteiger partial charge on any atom is -0.465 e. The predicted molar refractivity (Wildman–Crippen MR) is 81.5 cm³/mol. The van der Waals surface area contributed by atoms with E-state index in [0.29, 0.717) is 5.56 Å². The van der Waals surface area contributed by atoms with E-state index in [1.54, 1.807) is 0 Å². The molecule has 0 aromatic heterocycles. The van der Waals surface area contributed by atoms with Gasteiger partial charge in [-0.15, -0.1) is 0 Å². The van der Waals surface area contributed by atoms with Crippen LogP contribution in [0.3, 0.4) is 0 Å². The average molecular weight is 260 g/mol. The topological polar surface area (TPSA) is 26.3 Å². The molecular weight excluding hydrogens is 248 g/mol. The number of carbonyl (C=O) groups is 1. The fraction of sp³-hybridized carbons (Fsp3) is 0.0556. The smallest absolute Gasteiger partial charge is 0.337 e. The summed E-state index contributed by atoms with van der Waals surface area (Å²) in [4.78, 5) is 11.8. The third-order valence-electron chi connectivity index (χ3n) is 3.88. The lowest BCUT2D eigenvalue weighted by molar-refractivity contribution is 0.0601. The fourth-order valence-corrected chi connectivity index (χ4v) is 2.99. The van der Waals surface area contributed by atoms with E-state index in [1.807, 2.05) is 12.1 Å².